The summed E-state index contributed by atoms with van der Waals surface area (Å²) in [7, 11) is 0. The third-order valence-electron chi connectivity index (χ3n) is 4.02. The van der Waals surface area contributed by atoms with Crippen molar-refractivity contribution < 1.29 is 9.59 Å². The Morgan fingerprint density at radius 2 is 1.91 bits per heavy atom. The number of halogens is 1. The Morgan fingerprint density at radius 1 is 1.26 bits per heavy atom. The number of rotatable bonds is 5. The molecule has 1 aromatic carbocycles. The molecule has 0 aromatic heterocycles. The van der Waals surface area contributed by atoms with Gasteiger partial charge in [0.25, 0.3) is 0 Å². The lowest BCUT2D eigenvalue weighted by Crippen LogP contribution is -2.42. The SMILES string of the molecule is CCCNC(=O)C1CCN(C(=O)/C=C/c2ccc(Cl)cc2)CC1. The van der Waals surface area contributed by atoms with E-state index in [1.807, 2.05) is 19.1 Å². The number of carbonyl (C=O) groups is 2. The Balaban J connectivity index is 1.81. The highest BCUT2D eigenvalue weighted by Gasteiger charge is 2.26. The zero-order chi connectivity index (χ0) is 16.7. The first-order chi connectivity index (χ1) is 11.1. The quantitative estimate of drug-likeness (QED) is 0.841. The van der Waals surface area contributed by atoms with E-state index in [4.69, 9.17) is 11.6 Å². The first-order valence-electron chi connectivity index (χ1n) is 8.10. The number of benzene rings is 1. The van der Waals surface area contributed by atoms with E-state index in [1.165, 1.54) is 0 Å². The Bertz CT molecular complexity index is 561. The molecule has 0 atom stereocenters. The number of nitrogens with zero attached hydrogens (tertiary/aromatic N) is 1. The van der Waals surface area contributed by atoms with Crippen molar-refractivity contribution in [3.05, 3.63) is 40.9 Å². The molecule has 1 fully saturated rings. The van der Waals surface area contributed by atoms with Crippen molar-refractivity contribution >= 4 is 29.5 Å². The highest BCUT2D eigenvalue weighted by atomic mass is 35.5. The molecule has 1 aliphatic rings. The smallest absolute Gasteiger partial charge is 0.246 e. The van der Waals surface area contributed by atoms with Gasteiger partial charge in [-0.2, -0.15) is 0 Å². The summed E-state index contributed by atoms with van der Waals surface area (Å²) in [5, 5.41) is 3.61. The highest BCUT2D eigenvalue weighted by Crippen LogP contribution is 2.18. The summed E-state index contributed by atoms with van der Waals surface area (Å²) < 4.78 is 0. The standard InChI is InChI=1S/C18H23ClN2O2/c1-2-11-20-18(23)15-9-12-21(13-10-15)17(22)8-5-14-3-6-16(19)7-4-14/h3-8,15H,2,9-13H2,1H3,(H,20,23)/b8-5+. The minimum atomic E-state index is -0.00707. The molecule has 1 aliphatic heterocycles. The summed E-state index contributed by atoms with van der Waals surface area (Å²) in [6.07, 6.45) is 5.78. The van der Waals surface area contributed by atoms with E-state index in [1.54, 1.807) is 29.2 Å². The van der Waals surface area contributed by atoms with Gasteiger partial charge < -0.3 is 10.2 Å². The Labute approximate surface area is 142 Å². The number of likely N-dealkylation sites (tertiary alicyclic amines) is 1. The number of amides is 2. The maximum atomic E-state index is 12.2. The molecule has 0 aliphatic carbocycles. The van der Waals surface area contributed by atoms with Crippen LogP contribution in [0.25, 0.3) is 6.08 Å². The van der Waals surface area contributed by atoms with Crippen LogP contribution in [0.4, 0.5) is 0 Å². The first-order valence-corrected chi connectivity index (χ1v) is 8.48. The topological polar surface area (TPSA) is 49.4 Å². The van der Waals surface area contributed by atoms with E-state index in [-0.39, 0.29) is 17.7 Å². The van der Waals surface area contributed by atoms with E-state index in [9.17, 15) is 9.59 Å². The molecule has 0 saturated carbocycles. The highest BCUT2D eigenvalue weighted by molar-refractivity contribution is 6.30. The van der Waals surface area contributed by atoms with Crippen LogP contribution in [0, 0.1) is 5.92 Å². The third kappa shape index (κ3) is 5.39. The Morgan fingerprint density at radius 3 is 2.52 bits per heavy atom. The van der Waals surface area contributed by atoms with E-state index >= 15 is 0 Å². The van der Waals surface area contributed by atoms with Crippen LogP contribution in [0.3, 0.4) is 0 Å². The minimum absolute atomic E-state index is 0.00707. The fourth-order valence-electron chi connectivity index (χ4n) is 2.60. The molecule has 23 heavy (non-hydrogen) atoms. The molecule has 1 N–H and O–H groups in total. The molecule has 0 unspecified atom stereocenters. The van der Waals surface area contributed by atoms with Crippen molar-refractivity contribution in [2.75, 3.05) is 19.6 Å². The molecule has 0 bridgehead atoms. The monoisotopic (exact) mass is 334 g/mol. The Hall–Kier alpha value is -1.81. The lowest BCUT2D eigenvalue weighted by molar-refractivity contribution is -0.132. The lowest BCUT2D eigenvalue weighted by atomic mass is 9.96. The van der Waals surface area contributed by atoms with Crippen LogP contribution < -0.4 is 5.32 Å². The molecule has 5 heteroatoms. The molecule has 0 spiro atoms. The third-order valence-corrected chi connectivity index (χ3v) is 4.27. The Kier molecular flexibility index (Phi) is 6.66. The molecule has 0 radical (unpaired) electrons. The molecule has 2 rings (SSSR count). The van der Waals surface area contributed by atoms with Crippen molar-refractivity contribution in [2.24, 2.45) is 5.92 Å². The fourth-order valence-corrected chi connectivity index (χ4v) is 2.73. The predicted octanol–water partition coefficient (Wildman–Crippen LogP) is 3.12. The van der Waals surface area contributed by atoms with Gasteiger partial charge in [-0.1, -0.05) is 30.7 Å². The normalized spacial score (nSPS) is 15.8. The molecule has 1 heterocycles. The van der Waals surface area contributed by atoms with Gasteiger partial charge in [0.05, 0.1) is 0 Å². The van der Waals surface area contributed by atoms with Gasteiger partial charge in [-0.05, 0) is 43.0 Å². The molecule has 1 saturated heterocycles. The average Bonchev–Trinajstić information content (AvgIpc) is 2.59. The van der Waals surface area contributed by atoms with Crippen LogP contribution in [0.15, 0.2) is 30.3 Å². The van der Waals surface area contributed by atoms with Gasteiger partial charge in [0, 0.05) is 36.7 Å². The average molecular weight is 335 g/mol. The van der Waals surface area contributed by atoms with Crippen LogP contribution >= 0.6 is 11.6 Å². The number of carbonyl (C=O) groups excluding carboxylic acids is 2. The summed E-state index contributed by atoms with van der Waals surface area (Å²) in [4.78, 5) is 25.9. The van der Waals surface area contributed by atoms with Crippen molar-refractivity contribution in [2.45, 2.75) is 26.2 Å². The number of piperidine rings is 1. The van der Waals surface area contributed by atoms with E-state index in [0.717, 1.165) is 31.4 Å². The second-order valence-electron chi connectivity index (χ2n) is 5.78. The van der Waals surface area contributed by atoms with Gasteiger partial charge in [-0.25, -0.2) is 0 Å². The van der Waals surface area contributed by atoms with Crippen LogP contribution in [0.5, 0.6) is 0 Å². The molecule has 124 valence electrons. The zero-order valence-electron chi connectivity index (χ0n) is 13.4. The fraction of sp³-hybridized carbons (Fsp3) is 0.444. The zero-order valence-corrected chi connectivity index (χ0v) is 14.2. The van der Waals surface area contributed by atoms with Crippen LogP contribution in [0.1, 0.15) is 31.7 Å². The molecule has 2 amide bonds. The maximum Gasteiger partial charge on any atom is 0.246 e. The molecular formula is C18H23ClN2O2. The predicted molar refractivity (Wildman–Crippen MR) is 93.1 cm³/mol. The van der Waals surface area contributed by atoms with Crippen molar-refractivity contribution in [3.8, 4) is 0 Å². The number of hydrogen-bond acceptors (Lipinski definition) is 2. The molecule has 4 nitrogen and oxygen atoms in total. The van der Waals surface area contributed by atoms with Gasteiger partial charge in [0.15, 0.2) is 0 Å². The number of hydrogen-bond donors (Lipinski definition) is 1. The van der Waals surface area contributed by atoms with Crippen LogP contribution in [0.2, 0.25) is 5.02 Å². The maximum absolute atomic E-state index is 12.2. The largest absolute Gasteiger partial charge is 0.356 e. The van der Waals surface area contributed by atoms with Crippen molar-refractivity contribution in [3.63, 3.8) is 0 Å². The minimum Gasteiger partial charge on any atom is -0.356 e. The molecule has 1 aromatic rings. The number of nitrogens with one attached hydrogen (secondary N) is 1. The van der Waals surface area contributed by atoms with Crippen LogP contribution in [-0.4, -0.2) is 36.3 Å². The summed E-state index contributed by atoms with van der Waals surface area (Å²) in [5.41, 5.74) is 0.941. The summed E-state index contributed by atoms with van der Waals surface area (Å²) in [6, 6.07) is 7.34. The van der Waals surface area contributed by atoms with E-state index in [2.05, 4.69) is 5.32 Å². The van der Waals surface area contributed by atoms with Gasteiger partial charge in [-0.3, -0.25) is 9.59 Å². The first kappa shape index (κ1) is 17.5. The van der Waals surface area contributed by atoms with Gasteiger partial charge in [-0.15, -0.1) is 0 Å². The van der Waals surface area contributed by atoms with E-state index in [0.29, 0.717) is 18.1 Å². The summed E-state index contributed by atoms with van der Waals surface area (Å²) >= 11 is 5.84. The second-order valence-corrected chi connectivity index (χ2v) is 6.21. The van der Waals surface area contributed by atoms with E-state index < -0.39 is 0 Å². The molecular weight excluding hydrogens is 312 g/mol. The summed E-state index contributed by atoms with van der Waals surface area (Å²) in [5.74, 6) is 0.147. The van der Waals surface area contributed by atoms with Crippen molar-refractivity contribution in [1.82, 2.24) is 10.2 Å². The van der Waals surface area contributed by atoms with Gasteiger partial charge in [0.2, 0.25) is 11.8 Å². The van der Waals surface area contributed by atoms with Gasteiger partial charge in [0.1, 0.15) is 0 Å². The lowest BCUT2D eigenvalue weighted by Gasteiger charge is -2.30. The van der Waals surface area contributed by atoms with Crippen LogP contribution in [-0.2, 0) is 9.59 Å². The van der Waals surface area contributed by atoms with Crippen molar-refractivity contribution in [1.29, 1.82) is 0 Å². The van der Waals surface area contributed by atoms with Gasteiger partial charge >= 0.3 is 0 Å². The second kappa shape index (κ2) is 8.73. The summed E-state index contributed by atoms with van der Waals surface area (Å²) in [6.45, 7) is 4.03.